The number of carbonyl (C=O) groups is 1. The fourth-order valence-electron chi connectivity index (χ4n) is 3.64. The molecule has 0 N–H and O–H groups in total. The first kappa shape index (κ1) is 15.7. The number of hydrogen-bond acceptors (Lipinski definition) is 5. The van der Waals surface area contributed by atoms with E-state index in [-0.39, 0.29) is 11.9 Å². The molecular weight excluding hydrogens is 320 g/mol. The van der Waals surface area contributed by atoms with Crippen molar-refractivity contribution in [2.75, 3.05) is 6.54 Å². The molecule has 1 saturated heterocycles. The molecule has 4 heterocycles. The minimum absolute atomic E-state index is 0.0324. The normalized spacial score (nSPS) is 17.4. The van der Waals surface area contributed by atoms with Crippen LogP contribution in [0.1, 0.15) is 46.3 Å². The van der Waals surface area contributed by atoms with Gasteiger partial charge in [-0.15, -0.1) is 0 Å². The lowest BCUT2D eigenvalue weighted by molar-refractivity contribution is 0.0724. The first-order valence-electron chi connectivity index (χ1n) is 8.38. The summed E-state index contributed by atoms with van der Waals surface area (Å²) in [7, 11) is 1.93. The second-order valence-electron chi connectivity index (χ2n) is 6.42. The number of hydrogen-bond donors (Lipinski definition) is 0. The largest absolute Gasteiger partial charge is 0.461 e. The Kier molecular flexibility index (Phi) is 3.71. The fraction of sp³-hybridized carbons (Fsp3) is 0.389. The van der Waals surface area contributed by atoms with E-state index in [2.05, 4.69) is 10.3 Å². The van der Waals surface area contributed by atoms with Crippen LogP contribution >= 0.6 is 0 Å². The summed E-state index contributed by atoms with van der Waals surface area (Å²) in [5, 5.41) is 8.44. The molecule has 0 radical (unpaired) electrons. The van der Waals surface area contributed by atoms with Gasteiger partial charge in [0.1, 0.15) is 0 Å². The lowest BCUT2D eigenvalue weighted by Gasteiger charge is -2.24. The van der Waals surface area contributed by atoms with Gasteiger partial charge in [-0.2, -0.15) is 5.10 Å². The molecule has 1 aliphatic rings. The van der Waals surface area contributed by atoms with Crippen LogP contribution in [-0.2, 0) is 7.05 Å². The van der Waals surface area contributed by atoms with Crippen LogP contribution in [0, 0.1) is 13.8 Å². The van der Waals surface area contributed by atoms with Crippen LogP contribution < -0.4 is 0 Å². The Morgan fingerprint density at radius 3 is 2.84 bits per heavy atom. The monoisotopic (exact) mass is 340 g/mol. The Labute approximate surface area is 145 Å². The van der Waals surface area contributed by atoms with Gasteiger partial charge in [-0.3, -0.25) is 9.48 Å². The van der Waals surface area contributed by atoms with Gasteiger partial charge >= 0.3 is 0 Å². The summed E-state index contributed by atoms with van der Waals surface area (Å²) in [5.74, 6) is 0.896. The number of rotatable bonds is 3. The van der Waals surface area contributed by atoms with Crippen LogP contribution in [0.25, 0.3) is 11.5 Å². The highest BCUT2D eigenvalue weighted by atomic mass is 16.5. The van der Waals surface area contributed by atoms with Gasteiger partial charge in [0.2, 0.25) is 5.76 Å². The van der Waals surface area contributed by atoms with Gasteiger partial charge in [0.25, 0.3) is 5.91 Å². The summed E-state index contributed by atoms with van der Waals surface area (Å²) in [6.45, 7) is 4.75. The minimum Gasteiger partial charge on any atom is -0.461 e. The Balaban J connectivity index is 1.63. The average Bonchev–Trinajstić information content (AvgIpc) is 3.34. The Morgan fingerprint density at radius 1 is 1.32 bits per heavy atom. The van der Waals surface area contributed by atoms with E-state index in [0.29, 0.717) is 23.8 Å². The molecule has 4 rings (SSSR count). The van der Waals surface area contributed by atoms with Gasteiger partial charge in [0.05, 0.1) is 18.0 Å². The van der Waals surface area contributed by atoms with Crippen molar-refractivity contribution in [3.05, 3.63) is 47.1 Å². The zero-order valence-electron chi connectivity index (χ0n) is 14.5. The molecule has 0 aromatic carbocycles. The smallest absolute Gasteiger partial charge is 0.276 e. The molecule has 1 fully saturated rings. The lowest BCUT2D eigenvalue weighted by atomic mass is 10.0. The maximum atomic E-state index is 13.0. The van der Waals surface area contributed by atoms with E-state index in [1.165, 1.54) is 0 Å². The average molecular weight is 340 g/mol. The van der Waals surface area contributed by atoms with Crippen molar-refractivity contribution in [2.24, 2.45) is 7.05 Å². The first-order valence-corrected chi connectivity index (χ1v) is 8.38. The molecule has 1 atom stereocenters. The van der Waals surface area contributed by atoms with Gasteiger partial charge in [-0.05, 0) is 38.8 Å². The van der Waals surface area contributed by atoms with E-state index in [1.54, 1.807) is 24.5 Å². The maximum Gasteiger partial charge on any atom is 0.276 e. The van der Waals surface area contributed by atoms with Crippen molar-refractivity contribution < 1.29 is 13.7 Å². The molecule has 3 aromatic rings. The zero-order chi connectivity index (χ0) is 17.6. The zero-order valence-corrected chi connectivity index (χ0v) is 14.5. The second kappa shape index (κ2) is 5.91. The molecular formula is C18H20N4O3. The number of amides is 1. The molecule has 1 amide bonds. The molecule has 0 spiro atoms. The quantitative estimate of drug-likeness (QED) is 0.731. The van der Waals surface area contributed by atoms with Crippen LogP contribution in [-0.4, -0.2) is 32.3 Å². The van der Waals surface area contributed by atoms with Crippen LogP contribution in [0.2, 0.25) is 0 Å². The number of carbonyl (C=O) groups excluding carboxylic acids is 1. The SMILES string of the molecule is Cc1nn(C)c(C)c1C1CCCN1C(=O)c1cc(-c2ccco2)on1. The topological polar surface area (TPSA) is 77.3 Å². The summed E-state index contributed by atoms with van der Waals surface area (Å²) in [6, 6.07) is 5.21. The minimum atomic E-state index is -0.119. The van der Waals surface area contributed by atoms with Crippen LogP contribution in [0.3, 0.4) is 0 Å². The van der Waals surface area contributed by atoms with Crippen molar-refractivity contribution in [3.63, 3.8) is 0 Å². The van der Waals surface area contributed by atoms with E-state index in [9.17, 15) is 4.79 Å². The van der Waals surface area contributed by atoms with Gasteiger partial charge in [0, 0.05) is 30.9 Å². The van der Waals surface area contributed by atoms with Crippen molar-refractivity contribution in [1.82, 2.24) is 19.8 Å². The van der Waals surface area contributed by atoms with Gasteiger partial charge in [-0.25, -0.2) is 0 Å². The van der Waals surface area contributed by atoms with E-state index < -0.39 is 0 Å². The highest BCUT2D eigenvalue weighted by Crippen LogP contribution is 2.36. The van der Waals surface area contributed by atoms with E-state index in [0.717, 1.165) is 29.8 Å². The molecule has 25 heavy (non-hydrogen) atoms. The molecule has 0 bridgehead atoms. The predicted octanol–water partition coefficient (Wildman–Crippen LogP) is 3.26. The van der Waals surface area contributed by atoms with Crippen molar-refractivity contribution in [2.45, 2.75) is 32.7 Å². The third kappa shape index (κ3) is 2.56. The fourth-order valence-corrected chi connectivity index (χ4v) is 3.64. The summed E-state index contributed by atoms with van der Waals surface area (Å²) in [4.78, 5) is 14.9. The third-order valence-electron chi connectivity index (χ3n) is 4.91. The first-order chi connectivity index (χ1) is 12.1. The summed E-state index contributed by atoms with van der Waals surface area (Å²) >= 11 is 0. The molecule has 130 valence electrons. The number of furan rings is 1. The summed E-state index contributed by atoms with van der Waals surface area (Å²) in [6.07, 6.45) is 3.46. The van der Waals surface area contributed by atoms with Crippen LogP contribution in [0.5, 0.6) is 0 Å². The number of aromatic nitrogens is 3. The molecule has 7 nitrogen and oxygen atoms in total. The second-order valence-corrected chi connectivity index (χ2v) is 6.42. The van der Waals surface area contributed by atoms with Crippen molar-refractivity contribution in [1.29, 1.82) is 0 Å². The highest BCUT2D eigenvalue weighted by Gasteiger charge is 2.35. The maximum absolute atomic E-state index is 13.0. The summed E-state index contributed by atoms with van der Waals surface area (Å²) in [5.41, 5.74) is 3.51. The Hall–Kier alpha value is -2.83. The third-order valence-corrected chi connectivity index (χ3v) is 4.91. The number of nitrogens with zero attached hydrogens (tertiary/aromatic N) is 4. The standard InChI is InChI=1S/C18H20N4O3/c1-11-17(12(2)21(3)19-11)14-6-4-8-22(14)18(23)13-10-16(25-20-13)15-7-5-9-24-15/h5,7,9-10,14H,4,6,8H2,1-3H3. The van der Waals surface area contributed by atoms with Gasteiger partial charge < -0.3 is 13.8 Å². The lowest BCUT2D eigenvalue weighted by Crippen LogP contribution is -2.31. The highest BCUT2D eigenvalue weighted by molar-refractivity contribution is 5.93. The van der Waals surface area contributed by atoms with Crippen LogP contribution in [0.15, 0.2) is 33.4 Å². The van der Waals surface area contributed by atoms with Gasteiger partial charge in [0.15, 0.2) is 11.5 Å². The van der Waals surface area contributed by atoms with E-state index in [1.807, 2.05) is 30.5 Å². The molecule has 0 aliphatic carbocycles. The molecule has 1 aliphatic heterocycles. The molecule has 0 saturated carbocycles. The molecule has 3 aromatic heterocycles. The summed E-state index contributed by atoms with van der Waals surface area (Å²) < 4.78 is 12.4. The number of likely N-dealkylation sites (tertiary alicyclic amines) is 1. The van der Waals surface area contributed by atoms with Gasteiger partial charge in [-0.1, -0.05) is 5.16 Å². The predicted molar refractivity (Wildman–Crippen MR) is 89.9 cm³/mol. The van der Waals surface area contributed by atoms with Crippen molar-refractivity contribution in [3.8, 4) is 11.5 Å². The van der Waals surface area contributed by atoms with E-state index in [4.69, 9.17) is 8.94 Å². The Bertz CT molecular complexity index is 907. The van der Waals surface area contributed by atoms with Crippen LogP contribution in [0.4, 0.5) is 0 Å². The molecule has 7 heteroatoms. The number of aryl methyl sites for hydroxylation is 2. The molecule has 1 unspecified atom stereocenters. The van der Waals surface area contributed by atoms with Crippen molar-refractivity contribution >= 4 is 5.91 Å². The van der Waals surface area contributed by atoms with E-state index >= 15 is 0 Å². The Morgan fingerprint density at radius 2 is 2.16 bits per heavy atom.